The van der Waals surface area contributed by atoms with E-state index in [1.54, 1.807) is 30.3 Å². The lowest BCUT2D eigenvalue weighted by Gasteiger charge is -2.16. The molecule has 3 amide bonds. The predicted molar refractivity (Wildman–Crippen MR) is 480 cm³/mol. The second-order valence-electron chi connectivity index (χ2n) is 29.7. The number of phosphoric ester groups is 2. The number of nitrogens with two attached hydrogens (primary N) is 3. The molecule has 12 aromatic rings. The zero-order valence-electron chi connectivity index (χ0n) is 70.1. The van der Waals surface area contributed by atoms with E-state index in [-0.39, 0.29) is 53.4 Å². The topological polar surface area (TPSA) is 500 Å². The van der Waals surface area contributed by atoms with Crippen LogP contribution in [0, 0.1) is 37.0 Å². The monoisotopic (exact) mass is 1750 g/mol. The number of hydrogen-bond donors (Lipinski definition) is 14. The van der Waals surface area contributed by atoms with Crippen molar-refractivity contribution < 1.29 is 86.8 Å². The van der Waals surface area contributed by atoms with Gasteiger partial charge in [0.2, 0.25) is 0 Å². The van der Waals surface area contributed by atoms with E-state index in [4.69, 9.17) is 70.2 Å². The minimum Gasteiger partial charge on any atom is -0.508 e. The zero-order chi connectivity index (χ0) is 89.7. The number of carbonyl (C=O) groups is 3. The first-order valence-electron chi connectivity index (χ1n) is 41.4. The number of phenols is 4. The normalized spacial score (nSPS) is 11.5. The van der Waals surface area contributed by atoms with Crippen molar-refractivity contribution in [2.45, 2.75) is 156 Å². The molecule has 660 valence electrons. The van der Waals surface area contributed by atoms with Crippen LogP contribution in [0.25, 0.3) is 65.8 Å². The Balaban J connectivity index is 0.000000196. The molecule has 35 heteroatoms. The molecule has 0 spiro atoms. The van der Waals surface area contributed by atoms with Crippen molar-refractivity contribution in [1.82, 2.24) is 59.6 Å². The van der Waals surface area contributed by atoms with Crippen LogP contribution in [0.1, 0.15) is 149 Å². The first kappa shape index (κ1) is 94.7. The molecule has 0 atom stereocenters. The lowest BCUT2D eigenvalue weighted by Crippen LogP contribution is -2.23. The van der Waals surface area contributed by atoms with Crippen LogP contribution in [0.4, 0.5) is 17.5 Å². The SMILES string of the molecule is C#CC(=O)NCCCOCCCc1ccc2c(c1)nc(N)c1nc(CCCC)n(Cc3cc(O)ccc3O)c12.C#CC(=O)NCCCOCCCc1ccc2c(c1)nc(N)c1nc(CCCC)n(Cc3cccc(O)c3OP(=O)(O)O)c12.C#CC(=O)NCCCOCCCc1ccc2c(c1)nc(N)c1nc(CCCC)n(Cc3cccc(OP(=O)(O)O)c3O)c12. The molecule has 0 bridgehead atoms. The number of terminal acetylenes is 3. The highest BCUT2D eigenvalue weighted by Gasteiger charge is 2.27. The number of nitrogens with one attached hydrogen (secondary N) is 3. The molecule has 0 fully saturated rings. The third-order valence-corrected chi connectivity index (χ3v) is 21.2. The largest absolute Gasteiger partial charge is 0.524 e. The maximum atomic E-state index is 11.7. The highest BCUT2D eigenvalue weighted by Crippen LogP contribution is 2.46. The molecule has 33 nitrogen and oxygen atoms in total. The van der Waals surface area contributed by atoms with E-state index in [1.165, 1.54) is 24.3 Å². The number of unbranched alkanes of at least 4 members (excludes halogenated alkanes) is 3. The van der Waals surface area contributed by atoms with E-state index < -0.39 is 33.4 Å². The first-order valence-corrected chi connectivity index (χ1v) is 44.5. The van der Waals surface area contributed by atoms with Crippen LogP contribution < -0.4 is 42.2 Å². The fraction of sp³-hybridized carbons (Fsp3) is 0.367. The van der Waals surface area contributed by atoms with E-state index >= 15 is 0 Å². The average Bonchev–Trinajstić information content (AvgIpc) is 1.63. The lowest BCUT2D eigenvalue weighted by molar-refractivity contribution is -0.116. The summed E-state index contributed by atoms with van der Waals surface area (Å²) in [5.74, 6) is 6.96. The van der Waals surface area contributed by atoms with E-state index in [0.717, 1.165) is 156 Å². The molecule has 0 aliphatic rings. The first-order chi connectivity index (χ1) is 60.1. The number of aromatic hydroxyl groups is 4. The number of pyridine rings is 3. The van der Waals surface area contributed by atoms with Gasteiger partial charge in [-0.25, -0.2) is 39.0 Å². The van der Waals surface area contributed by atoms with E-state index in [2.05, 4.69) is 79.0 Å². The van der Waals surface area contributed by atoms with Crippen LogP contribution in [0.5, 0.6) is 34.5 Å². The van der Waals surface area contributed by atoms with Gasteiger partial charge in [-0.1, -0.05) is 101 Å². The molecule has 0 saturated heterocycles. The van der Waals surface area contributed by atoms with E-state index in [0.29, 0.717) is 154 Å². The summed E-state index contributed by atoms with van der Waals surface area (Å²) in [5, 5.41) is 52.1. The van der Waals surface area contributed by atoms with Gasteiger partial charge in [0.1, 0.15) is 45.5 Å². The Labute approximate surface area is 723 Å². The third kappa shape index (κ3) is 26.5. The van der Waals surface area contributed by atoms with Crippen molar-refractivity contribution in [2.24, 2.45) is 0 Å². The van der Waals surface area contributed by atoms with Crippen LogP contribution >= 0.6 is 15.6 Å². The maximum absolute atomic E-state index is 11.7. The Hall–Kier alpha value is -12.6. The quantitative estimate of drug-likeness (QED) is 0.00730. The zero-order valence-corrected chi connectivity index (χ0v) is 71.9. The van der Waals surface area contributed by atoms with Crippen molar-refractivity contribution in [2.75, 3.05) is 76.5 Å². The minimum absolute atomic E-state index is 0.0950. The van der Waals surface area contributed by atoms with Crippen LogP contribution in [-0.4, -0.2) is 161 Å². The Morgan fingerprint density at radius 3 is 1.15 bits per heavy atom. The lowest BCUT2D eigenvalue weighted by atomic mass is 10.1. The highest BCUT2D eigenvalue weighted by molar-refractivity contribution is 7.47. The van der Waals surface area contributed by atoms with Crippen LogP contribution in [0.3, 0.4) is 0 Å². The summed E-state index contributed by atoms with van der Waals surface area (Å²) in [7, 11) is -9.80. The summed E-state index contributed by atoms with van der Waals surface area (Å²) in [4.78, 5) is 99.0. The molecular weight excluding hydrogens is 1640 g/mol. The molecule has 6 heterocycles. The predicted octanol–water partition coefficient (Wildman–Crippen LogP) is 11.7. The number of para-hydroxylation sites is 2. The highest BCUT2D eigenvalue weighted by atomic mass is 31.2. The number of ether oxygens (including phenoxy) is 3. The molecule has 0 saturated carbocycles. The average molecular weight is 1750 g/mol. The number of anilines is 3. The smallest absolute Gasteiger partial charge is 0.508 e. The number of rotatable bonds is 43. The number of hydrogen-bond acceptors (Lipinski definition) is 23. The number of benzene rings is 6. The van der Waals surface area contributed by atoms with Crippen molar-refractivity contribution in [3.8, 4) is 71.5 Å². The number of carbonyl (C=O) groups excluding carboxylic acids is 3. The van der Waals surface area contributed by atoms with Crippen LogP contribution in [0.2, 0.25) is 0 Å². The van der Waals surface area contributed by atoms with Crippen LogP contribution in [-0.2, 0) is 95.9 Å². The molecule has 0 unspecified atom stereocenters. The van der Waals surface area contributed by atoms with Crippen LogP contribution in [0.15, 0.2) is 109 Å². The summed E-state index contributed by atoms with van der Waals surface area (Å²) >= 11 is 0. The Morgan fingerprint density at radius 1 is 0.416 bits per heavy atom. The minimum atomic E-state index is -4.93. The van der Waals surface area contributed by atoms with Gasteiger partial charge in [-0.15, -0.1) is 19.3 Å². The molecule has 12 rings (SSSR count). The van der Waals surface area contributed by atoms with Gasteiger partial charge < -0.3 is 90.5 Å². The third-order valence-electron chi connectivity index (χ3n) is 20.3. The molecule has 6 aromatic heterocycles. The maximum Gasteiger partial charge on any atom is 0.524 e. The standard InChI is InChI=1S/2C30H36N5O7P.C30H35N5O4/c1-3-5-12-25-34-27-28(35(25)19-21-10-6-11-24(29(21)37)42-43(38,39)40)22-14-13-20(18-23(22)33-30(27)31)9-7-16-41-17-8-15-32-26(36)4-2;1-3-5-12-25-34-27-28(35(25)19-21-10-6-11-24(36)29(21)42-43(38,39)40)22-14-13-20(18-23(22)33-30(27)31)9-7-16-41-17-8-15-32-26(37)4-2;1-3-5-9-26-34-28-29(35(26)19-21-18-22(36)11-13-25(21)37)23-12-10-20(17-24(23)33-30(28)31)8-6-15-39-16-7-14-32-27(38)4-2/h2,6,10-11,13-14,18,37H,3,5,7-9,12,15-17,19H2,1H3,(H2,31,33)(H,32,36)(H2,38,39,40);2,6,10-11,13-14,18,36H,3,5,7-9,12,15-17,19H2,1H3,(H2,31,33)(H,32,37)(H2,38,39,40);2,10-13,17-18,36-37H,3,5-9,14-16,19H2,1H3,(H2,31,33)(H,32,38). The number of nitrogens with zero attached hydrogens (tertiary/aromatic N) is 9. The van der Waals surface area contributed by atoms with Gasteiger partial charge in [0.15, 0.2) is 40.5 Å². The molecule has 0 radical (unpaired) electrons. The summed E-state index contributed by atoms with van der Waals surface area (Å²) in [6, 6.07) is 31.8. The van der Waals surface area contributed by atoms with Gasteiger partial charge in [-0.05, 0) is 160 Å². The molecule has 0 aliphatic carbocycles. The Bertz CT molecular complexity index is 6040. The van der Waals surface area contributed by atoms with Gasteiger partial charge in [0.25, 0.3) is 17.7 Å². The second-order valence-corrected chi connectivity index (χ2v) is 32.0. The van der Waals surface area contributed by atoms with Gasteiger partial charge >= 0.3 is 15.6 Å². The van der Waals surface area contributed by atoms with Crippen molar-refractivity contribution >= 4 is 117 Å². The molecule has 125 heavy (non-hydrogen) atoms. The number of nitrogen functional groups attached to an aromatic ring is 3. The van der Waals surface area contributed by atoms with E-state index in [9.17, 15) is 63.5 Å². The van der Waals surface area contributed by atoms with Gasteiger partial charge in [-0.3, -0.25) is 34.0 Å². The fourth-order valence-electron chi connectivity index (χ4n) is 14.3. The molecular formula is C90H107N15O18P2. The van der Waals surface area contributed by atoms with Gasteiger partial charge in [-0.2, -0.15) is 0 Å². The van der Waals surface area contributed by atoms with Crippen molar-refractivity contribution in [3.05, 3.63) is 160 Å². The number of aryl methyl sites for hydroxylation is 6. The number of aromatic nitrogens is 9. The molecule has 6 aromatic carbocycles. The summed E-state index contributed by atoms with van der Waals surface area (Å²) in [5.41, 5.74) is 30.2. The molecule has 17 N–H and O–H groups in total. The Kier molecular flexibility index (Phi) is 34.6. The van der Waals surface area contributed by atoms with Gasteiger partial charge in [0, 0.05) is 111 Å². The second kappa shape index (κ2) is 45.7. The number of phosphoric acid groups is 2. The van der Waals surface area contributed by atoms with Crippen molar-refractivity contribution in [1.29, 1.82) is 0 Å². The Morgan fingerprint density at radius 2 is 0.776 bits per heavy atom. The number of imidazole rings is 3. The summed E-state index contributed by atoms with van der Waals surface area (Å²) < 4.78 is 55.6. The fourth-order valence-corrected chi connectivity index (χ4v) is 15.2. The summed E-state index contributed by atoms with van der Waals surface area (Å²) in [6.45, 7) is 11.7. The van der Waals surface area contributed by atoms with E-state index in [1.807, 2.05) is 63.3 Å². The summed E-state index contributed by atoms with van der Waals surface area (Å²) in [6.07, 6.45) is 29.6. The van der Waals surface area contributed by atoms with Gasteiger partial charge in [0.05, 0.1) is 52.7 Å². The van der Waals surface area contributed by atoms with Crippen molar-refractivity contribution in [3.63, 3.8) is 0 Å². The molecule has 0 aliphatic heterocycles. The number of amides is 3. The number of fused-ring (bicyclic) bond motifs is 9. The number of phenolic OH excluding ortho intramolecular Hbond substituents is 4.